The van der Waals surface area contributed by atoms with Crippen molar-refractivity contribution in [3.05, 3.63) is 127 Å². The molecule has 3 N–H and O–H groups in total. The summed E-state index contributed by atoms with van der Waals surface area (Å²) in [5.41, 5.74) is 3.21. The van der Waals surface area contributed by atoms with Gasteiger partial charge < -0.3 is 15.3 Å². The highest BCUT2D eigenvalue weighted by molar-refractivity contribution is 6.35. The third-order valence-corrected chi connectivity index (χ3v) is 6.68. The highest BCUT2D eigenvalue weighted by Crippen LogP contribution is 2.36. The molecule has 1 unspecified atom stereocenters. The van der Waals surface area contributed by atoms with Gasteiger partial charge in [0, 0.05) is 27.9 Å². The Morgan fingerprint density at radius 3 is 2.30 bits per heavy atom. The van der Waals surface area contributed by atoms with Gasteiger partial charge in [-0.05, 0) is 59.5 Å². The van der Waals surface area contributed by atoms with Crippen LogP contribution in [0.5, 0.6) is 0 Å². The molecule has 1 heterocycles. The number of H-pyrrole nitrogens is 1. The van der Waals surface area contributed by atoms with E-state index >= 15 is 0 Å². The van der Waals surface area contributed by atoms with Gasteiger partial charge in [-0.3, -0.25) is 4.79 Å². The van der Waals surface area contributed by atoms with Gasteiger partial charge in [0.2, 0.25) is 0 Å². The van der Waals surface area contributed by atoms with Crippen molar-refractivity contribution in [3.8, 4) is 11.1 Å². The third-order valence-electron chi connectivity index (χ3n) is 6.12. The van der Waals surface area contributed by atoms with E-state index in [1.54, 1.807) is 55.5 Å². The van der Waals surface area contributed by atoms with E-state index in [0.717, 1.165) is 11.1 Å². The van der Waals surface area contributed by atoms with Crippen molar-refractivity contribution >= 4 is 34.9 Å². The maximum Gasteiger partial charge on any atom is 0.338 e. The lowest BCUT2D eigenvalue weighted by molar-refractivity contribution is 0.0692. The Balaban J connectivity index is 1.74. The lowest BCUT2D eigenvalue weighted by Gasteiger charge is -2.21. The molecule has 0 aliphatic carbocycles. The third kappa shape index (κ3) is 5.74. The van der Waals surface area contributed by atoms with Crippen molar-refractivity contribution in [2.45, 2.75) is 19.3 Å². The summed E-state index contributed by atoms with van der Waals surface area (Å²) in [6.45, 7) is 1.68. The molecule has 1 aromatic heterocycles. The summed E-state index contributed by atoms with van der Waals surface area (Å²) in [5, 5.41) is 23.2. The van der Waals surface area contributed by atoms with E-state index in [-0.39, 0.29) is 23.6 Å². The number of aromatic carboxylic acids is 1. The largest absolute Gasteiger partial charge is 0.478 e. The Labute approximate surface area is 221 Å². The van der Waals surface area contributed by atoms with E-state index in [1.807, 2.05) is 12.1 Å². The van der Waals surface area contributed by atoms with Crippen LogP contribution in [0, 0.1) is 12.7 Å². The number of aryl methyl sites for hydroxylation is 1. The van der Waals surface area contributed by atoms with Gasteiger partial charge in [-0.2, -0.15) is 0 Å². The number of pyridine rings is 1. The molecular formula is C28H21Cl2FN2O4. The Bertz CT molecular complexity index is 1570. The van der Waals surface area contributed by atoms with Gasteiger partial charge in [-0.1, -0.05) is 70.8 Å². The van der Waals surface area contributed by atoms with Crippen molar-refractivity contribution in [2.75, 3.05) is 0 Å². The summed E-state index contributed by atoms with van der Waals surface area (Å²) >= 11 is 12.6. The lowest BCUT2D eigenvalue weighted by atomic mass is 9.85. The number of halogens is 3. The second-order valence-electron chi connectivity index (χ2n) is 8.48. The normalized spacial score (nSPS) is 12.4. The first-order valence-electron chi connectivity index (χ1n) is 11.2. The number of nitrogens with one attached hydrogen (secondary N) is 1. The zero-order valence-electron chi connectivity index (χ0n) is 19.5. The molecule has 4 aromatic rings. The van der Waals surface area contributed by atoms with Gasteiger partial charge in [0.1, 0.15) is 11.5 Å². The molecular weight excluding hydrogens is 518 g/mol. The molecule has 9 heteroatoms. The van der Waals surface area contributed by atoms with Gasteiger partial charge in [0.15, 0.2) is 0 Å². The van der Waals surface area contributed by atoms with Crippen molar-refractivity contribution in [2.24, 2.45) is 5.16 Å². The molecule has 0 aliphatic rings. The van der Waals surface area contributed by atoms with Gasteiger partial charge >= 0.3 is 5.97 Å². The molecule has 0 amide bonds. The average molecular weight is 539 g/mol. The molecule has 1 atom stereocenters. The first kappa shape index (κ1) is 26.1. The van der Waals surface area contributed by atoms with E-state index in [4.69, 9.17) is 28.3 Å². The van der Waals surface area contributed by atoms with Gasteiger partial charge in [-0.15, -0.1) is 0 Å². The molecule has 37 heavy (non-hydrogen) atoms. The Morgan fingerprint density at radius 2 is 1.70 bits per heavy atom. The predicted octanol–water partition coefficient (Wildman–Crippen LogP) is 6.89. The summed E-state index contributed by atoms with van der Waals surface area (Å²) in [6, 6.07) is 19.6. The molecule has 0 saturated carbocycles. The molecule has 0 saturated heterocycles. The van der Waals surface area contributed by atoms with Gasteiger partial charge in [0.25, 0.3) is 5.56 Å². The van der Waals surface area contributed by atoms with Crippen LogP contribution in [0.2, 0.25) is 10.0 Å². The van der Waals surface area contributed by atoms with Crippen LogP contribution in [-0.2, 0) is 0 Å². The van der Waals surface area contributed by atoms with Crippen LogP contribution in [-0.4, -0.2) is 27.0 Å². The fraction of sp³-hybridized carbons (Fsp3) is 0.107. The number of carboxylic acids is 1. The topological polar surface area (TPSA) is 103 Å². The SMILES string of the molecule is Cc1ccc(/C(CC(c2ccc(-c3ccc(C(=O)O)c(F)c3)cc2)c2ccc(Cl)cc2Cl)=N/O)[nH]c1=O. The number of hydrogen-bond donors (Lipinski definition) is 3. The number of oxime groups is 1. The molecule has 188 valence electrons. The number of rotatable bonds is 7. The number of carboxylic acid groups (broad SMARTS) is 1. The van der Waals surface area contributed by atoms with E-state index in [2.05, 4.69) is 10.1 Å². The van der Waals surface area contributed by atoms with Crippen molar-refractivity contribution in [1.29, 1.82) is 0 Å². The van der Waals surface area contributed by atoms with Crippen LogP contribution >= 0.6 is 23.2 Å². The highest BCUT2D eigenvalue weighted by Gasteiger charge is 2.22. The summed E-state index contributed by atoms with van der Waals surface area (Å²) in [5.74, 6) is -2.55. The van der Waals surface area contributed by atoms with Gasteiger partial charge in [-0.25, -0.2) is 9.18 Å². The number of aromatic amines is 1. The minimum atomic E-state index is -1.33. The van der Waals surface area contributed by atoms with Crippen molar-refractivity contribution < 1.29 is 19.5 Å². The molecule has 4 rings (SSSR count). The quantitative estimate of drug-likeness (QED) is 0.135. The average Bonchev–Trinajstić information content (AvgIpc) is 2.87. The predicted molar refractivity (Wildman–Crippen MR) is 142 cm³/mol. The molecule has 3 aromatic carbocycles. The van der Waals surface area contributed by atoms with Crippen LogP contribution < -0.4 is 5.56 Å². The number of hydrogen-bond acceptors (Lipinski definition) is 4. The minimum Gasteiger partial charge on any atom is -0.478 e. The summed E-state index contributed by atoms with van der Waals surface area (Å²) < 4.78 is 14.2. The number of aromatic nitrogens is 1. The molecule has 0 spiro atoms. The second kappa shape index (κ2) is 11.0. The fourth-order valence-corrected chi connectivity index (χ4v) is 4.62. The van der Waals surface area contributed by atoms with E-state index in [1.165, 1.54) is 12.1 Å². The molecule has 0 aliphatic heterocycles. The Kier molecular flexibility index (Phi) is 7.76. The number of nitrogens with zero attached hydrogens (tertiary/aromatic N) is 1. The maximum atomic E-state index is 14.2. The summed E-state index contributed by atoms with van der Waals surface area (Å²) in [4.78, 5) is 26.0. The van der Waals surface area contributed by atoms with Crippen molar-refractivity contribution in [3.63, 3.8) is 0 Å². The van der Waals surface area contributed by atoms with Crippen LogP contribution in [0.3, 0.4) is 0 Å². The van der Waals surface area contributed by atoms with E-state index in [0.29, 0.717) is 32.4 Å². The Hall–Kier alpha value is -3.94. The fourth-order valence-electron chi connectivity index (χ4n) is 4.08. The zero-order valence-corrected chi connectivity index (χ0v) is 21.0. The Morgan fingerprint density at radius 1 is 1.00 bits per heavy atom. The summed E-state index contributed by atoms with van der Waals surface area (Å²) in [7, 11) is 0. The standard InChI is InChI=1S/C28H21Cl2FN2O4/c1-15-2-11-25(32-27(15)34)26(33-37)14-22(20-10-8-19(29)13-23(20)30)17-5-3-16(4-6-17)18-7-9-21(28(35)36)24(31)12-18/h2-13,22,37H,14H2,1H3,(H,32,34)(H,35,36)/b33-26+. The van der Waals surface area contributed by atoms with Gasteiger partial charge in [0.05, 0.1) is 11.3 Å². The molecule has 0 fully saturated rings. The highest BCUT2D eigenvalue weighted by atomic mass is 35.5. The van der Waals surface area contributed by atoms with Crippen LogP contribution in [0.25, 0.3) is 11.1 Å². The smallest absolute Gasteiger partial charge is 0.338 e. The molecule has 0 bridgehead atoms. The lowest BCUT2D eigenvalue weighted by Crippen LogP contribution is -2.18. The number of benzene rings is 3. The maximum absolute atomic E-state index is 14.2. The summed E-state index contributed by atoms with van der Waals surface area (Å²) in [6.07, 6.45) is 0.193. The minimum absolute atomic E-state index is 0.193. The molecule has 6 nitrogen and oxygen atoms in total. The van der Waals surface area contributed by atoms with Crippen LogP contribution in [0.4, 0.5) is 4.39 Å². The van der Waals surface area contributed by atoms with Crippen LogP contribution in [0.1, 0.15) is 45.1 Å². The second-order valence-corrected chi connectivity index (χ2v) is 9.32. The van der Waals surface area contributed by atoms with Crippen LogP contribution in [0.15, 0.2) is 82.7 Å². The monoisotopic (exact) mass is 538 g/mol. The van der Waals surface area contributed by atoms with Crippen molar-refractivity contribution in [1.82, 2.24) is 4.98 Å². The number of carbonyl (C=O) groups is 1. The molecule has 0 radical (unpaired) electrons. The van der Waals surface area contributed by atoms with E-state index in [9.17, 15) is 19.2 Å². The first-order chi connectivity index (χ1) is 17.7. The first-order valence-corrected chi connectivity index (χ1v) is 11.9. The van der Waals surface area contributed by atoms with E-state index < -0.39 is 17.3 Å². The zero-order chi connectivity index (χ0) is 26.7.